The van der Waals surface area contributed by atoms with Crippen LogP contribution in [0.15, 0.2) is 11.6 Å². The zero-order valence-electron chi connectivity index (χ0n) is 11.8. The van der Waals surface area contributed by atoms with Crippen molar-refractivity contribution in [2.45, 2.75) is 39.7 Å². The molecule has 1 rings (SSSR count). The largest absolute Gasteiger partial charge is 0.337 e. The van der Waals surface area contributed by atoms with Gasteiger partial charge in [-0.15, -0.1) is 0 Å². The number of ketones is 2. The van der Waals surface area contributed by atoms with Crippen LogP contribution in [0, 0.1) is 5.92 Å². The highest BCUT2D eigenvalue weighted by atomic mass is 16.2. The lowest BCUT2D eigenvalue weighted by atomic mass is 9.93. The van der Waals surface area contributed by atoms with Crippen molar-refractivity contribution in [1.29, 1.82) is 0 Å². The van der Waals surface area contributed by atoms with E-state index < -0.39 is 17.5 Å². The second kappa shape index (κ2) is 6.61. The van der Waals surface area contributed by atoms with Crippen LogP contribution < -0.4 is 5.73 Å². The van der Waals surface area contributed by atoms with Gasteiger partial charge in [0.15, 0.2) is 0 Å². The molecule has 106 valence electrons. The summed E-state index contributed by atoms with van der Waals surface area (Å²) in [5.41, 5.74) is 5.76. The number of Topliss-reactive ketones (excluding diaryl/α,β-unsaturated/α-hetero) is 1. The molecule has 1 unspecified atom stereocenters. The Bertz CT molecular complexity index is 413. The molecule has 2 N–H and O–H groups in total. The van der Waals surface area contributed by atoms with E-state index >= 15 is 0 Å². The molecule has 0 saturated heterocycles. The van der Waals surface area contributed by atoms with Crippen LogP contribution in [0.2, 0.25) is 0 Å². The summed E-state index contributed by atoms with van der Waals surface area (Å²) in [6, 6.07) is 0.0411. The Kier molecular flexibility index (Phi) is 5.42. The highest BCUT2D eigenvalue weighted by molar-refractivity contribution is 6.47. The molecule has 0 aromatic heterocycles. The first-order chi connectivity index (χ1) is 8.93. The van der Waals surface area contributed by atoms with E-state index in [9.17, 15) is 14.4 Å². The van der Waals surface area contributed by atoms with Crippen LogP contribution in [-0.2, 0) is 14.4 Å². The van der Waals surface area contributed by atoms with Crippen molar-refractivity contribution in [3.05, 3.63) is 11.6 Å². The fourth-order valence-electron chi connectivity index (χ4n) is 2.35. The highest BCUT2D eigenvalue weighted by Gasteiger charge is 2.38. The Morgan fingerprint density at radius 3 is 2.53 bits per heavy atom. The van der Waals surface area contributed by atoms with E-state index in [2.05, 4.69) is 0 Å². The fraction of sp³-hybridized carbons (Fsp3) is 0.643. The second-order valence-corrected chi connectivity index (χ2v) is 5.00. The van der Waals surface area contributed by atoms with Gasteiger partial charge < -0.3 is 10.6 Å². The third kappa shape index (κ3) is 3.29. The van der Waals surface area contributed by atoms with Crippen molar-refractivity contribution < 1.29 is 14.4 Å². The fourth-order valence-corrected chi connectivity index (χ4v) is 2.35. The molecule has 0 heterocycles. The molecule has 1 amide bonds. The SMILES string of the molecule is CCN(C(=O)C1=CC(=O)C(=O)C1CCCN)C(C)C. The third-order valence-corrected chi connectivity index (χ3v) is 3.39. The number of nitrogens with zero attached hydrogens (tertiary/aromatic N) is 1. The quantitative estimate of drug-likeness (QED) is 0.717. The minimum Gasteiger partial charge on any atom is -0.337 e. The normalized spacial score (nSPS) is 19.0. The van der Waals surface area contributed by atoms with E-state index in [0.29, 0.717) is 31.5 Å². The average molecular weight is 266 g/mol. The number of hydrogen-bond donors (Lipinski definition) is 1. The van der Waals surface area contributed by atoms with Crippen molar-refractivity contribution in [3.63, 3.8) is 0 Å². The van der Waals surface area contributed by atoms with E-state index in [4.69, 9.17) is 5.73 Å². The lowest BCUT2D eigenvalue weighted by Crippen LogP contribution is -2.39. The van der Waals surface area contributed by atoms with Gasteiger partial charge in [0.25, 0.3) is 5.91 Å². The summed E-state index contributed by atoms with van der Waals surface area (Å²) in [5, 5.41) is 0. The first-order valence-corrected chi connectivity index (χ1v) is 6.74. The van der Waals surface area contributed by atoms with Gasteiger partial charge in [0.1, 0.15) is 0 Å². The van der Waals surface area contributed by atoms with Gasteiger partial charge in [-0.2, -0.15) is 0 Å². The van der Waals surface area contributed by atoms with Crippen LogP contribution in [0.1, 0.15) is 33.6 Å². The molecule has 0 fully saturated rings. The summed E-state index contributed by atoms with van der Waals surface area (Å²) >= 11 is 0. The van der Waals surface area contributed by atoms with Crippen molar-refractivity contribution in [1.82, 2.24) is 4.90 Å². The highest BCUT2D eigenvalue weighted by Crippen LogP contribution is 2.27. The van der Waals surface area contributed by atoms with E-state index in [-0.39, 0.29) is 11.9 Å². The summed E-state index contributed by atoms with van der Waals surface area (Å²) in [4.78, 5) is 37.4. The predicted octanol–water partition coefficient (Wildman–Crippen LogP) is 0.677. The Hall–Kier alpha value is -1.49. The van der Waals surface area contributed by atoms with Crippen LogP contribution in [0.5, 0.6) is 0 Å². The molecule has 1 aliphatic carbocycles. The van der Waals surface area contributed by atoms with Gasteiger partial charge in [0.2, 0.25) is 11.6 Å². The number of carbonyl (C=O) groups is 3. The zero-order chi connectivity index (χ0) is 14.6. The number of amides is 1. The summed E-state index contributed by atoms with van der Waals surface area (Å²) in [6.07, 6.45) is 2.30. The van der Waals surface area contributed by atoms with E-state index in [1.807, 2.05) is 20.8 Å². The van der Waals surface area contributed by atoms with Gasteiger partial charge >= 0.3 is 0 Å². The molecule has 0 aromatic carbocycles. The molecule has 5 nitrogen and oxygen atoms in total. The zero-order valence-corrected chi connectivity index (χ0v) is 11.8. The van der Waals surface area contributed by atoms with Crippen LogP contribution in [-0.4, -0.2) is 41.5 Å². The first kappa shape index (κ1) is 15.6. The van der Waals surface area contributed by atoms with Crippen LogP contribution in [0.25, 0.3) is 0 Å². The number of nitrogens with two attached hydrogens (primary N) is 1. The summed E-state index contributed by atoms with van der Waals surface area (Å²) in [5.74, 6) is -1.85. The van der Waals surface area contributed by atoms with E-state index in [1.165, 1.54) is 6.08 Å². The monoisotopic (exact) mass is 266 g/mol. The molecule has 1 aliphatic rings. The molecule has 0 aromatic rings. The van der Waals surface area contributed by atoms with Gasteiger partial charge in [-0.3, -0.25) is 14.4 Å². The molecule has 0 spiro atoms. The minimum atomic E-state index is -0.601. The summed E-state index contributed by atoms with van der Waals surface area (Å²) in [7, 11) is 0. The number of hydrogen-bond acceptors (Lipinski definition) is 4. The summed E-state index contributed by atoms with van der Waals surface area (Å²) in [6.45, 7) is 6.71. The minimum absolute atomic E-state index is 0.0411. The topological polar surface area (TPSA) is 80.5 Å². The maximum Gasteiger partial charge on any atom is 0.250 e. The number of allylic oxidation sites excluding steroid dienone is 1. The maximum atomic E-state index is 12.4. The average Bonchev–Trinajstić information content (AvgIpc) is 2.64. The molecule has 0 aliphatic heterocycles. The molecule has 5 heteroatoms. The molecule has 0 radical (unpaired) electrons. The number of likely N-dealkylation sites (N-methyl/N-ethyl adjacent to an activating group) is 1. The number of rotatable bonds is 6. The van der Waals surface area contributed by atoms with Crippen molar-refractivity contribution in [2.24, 2.45) is 11.7 Å². The van der Waals surface area contributed by atoms with Crippen molar-refractivity contribution in [3.8, 4) is 0 Å². The van der Waals surface area contributed by atoms with Crippen LogP contribution in [0.3, 0.4) is 0 Å². The molecule has 0 saturated carbocycles. The lowest BCUT2D eigenvalue weighted by Gasteiger charge is -2.27. The predicted molar refractivity (Wildman–Crippen MR) is 72.4 cm³/mol. The Labute approximate surface area is 113 Å². The van der Waals surface area contributed by atoms with Gasteiger partial charge in [-0.1, -0.05) is 0 Å². The molecule has 0 bridgehead atoms. The van der Waals surface area contributed by atoms with Gasteiger partial charge in [-0.25, -0.2) is 0 Å². The number of carbonyl (C=O) groups excluding carboxylic acids is 3. The van der Waals surface area contributed by atoms with E-state index in [0.717, 1.165) is 0 Å². The van der Waals surface area contributed by atoms with Crippen LogP contribution >= 0.6 is 0 Å². The maximum absolute atomic E-state index is 12.4. The van der Waals surface area contributed by atoms with Crippen molar-refractivity contribution in [2.75, 3.05) is 13.1 Å². The molecule has 19 heavy (non-hydrogen) atoms. The Balaban J connectivity index is 2.95. The molecule has 1 atom stereocenters. The van der Waals surface area contributed by atoms with Gasteiger partial charge in [-0.05, 0) is 46.2 Å². The summed E-state index contributed by atoms with van der Waals surface area (Å²) < 4.78 is 0. The molecular formula is C14H22N2O3. The van der Waals surface area contributed by atoms with Crippen molar-refractivity contribution >= 4 is 17.5 Å². The van der Waals surface area contributed by atoms with Gasteiger partial charge in [0.05, 0.1) is 5.92 Å². The Morgan fingerprint density at radius 2 is 2.05 bits per heavy atom. The standard InChI is InChI=1S/C14H22N2O3/c1-4-16(9(2)3)14(19)11-8-12(17)13(18)10(11)6-5-7-15/h8-10H,4-7,15H2,1-3H3. The molecular weight excluding hydrogens is 244 g/mol. The first-order valence-electron chi connectivity index (χ1n) is 6.74. The third-order valence-electron chi connectivity index (χ3n) is 3.39. The smallest absolute Gasteiger partial charge is 0.250 e. The van der Waals surface area contributed by atoms with Gasteiger partial charge in [0, 0.05) is 18.2 Å². The van der Waals surface area contributed by atoms with Crippen LogP contribution in [0.4, 0.5) is 0 Å². The second-order valence-electron chi connectivity index (χ2n) is 5.00. The van der Waals surface area contributed by atoms with E-state index in [1.54, 1.807) is 4.90 Å². The Morgan fingerprint density at radius 1 is 1.42 bits per heavy atom. The lowest BCUT2D eigenvalue weighted by molar-refractivity contribution is -0.135.